The van der Waals surface area contributed by atoms with E-state index in [-0.39, 0.29) is 11.7 Å². The van der Waals surface area contributed by atoms with Crippen molar-refractivity contribution in [3.8, 4) is 0 Å². The van der Waals surface area contributed by atoms with E-state index in [1.165, 1.54) is 0 Å². The molecule has 0 fully saturated rings. The van der Waals surface area contributed by atoms with Crippen molar-refractivity contribution in [3.63, 3.8) is 0 Å². The van der Waals surface area contributed by atoms with Gasteiger partial charge in [-0.1, -0.05) is 12.2 Å². The van der Waals surface area contributed by atoms with Crippen LogP contribution in [0.3, 0.4) is 0 Å². The van der Waals surface area contributed by atoms with Crippen LogP contribution in [0.2, 0.25) is 0 Å². The molecule has 88 valence electrons. The highest BCUT2D eigenvalue weighted by molar-refractivity contribution is 5.37. The quantitative estimate of drug-likeness (QED) is 0.456. The Bertz CT molecular complexity index is 199. The summed E-state index contributed by atoms with van der Waals surface area (Å²) in [7, 11) is 1.55. The number of allylic oxidation sites excluding steroid dienone is 1. The lowest BCUT2D eigenvalue weighted by atomic mass is 10.1. The lowest BCUT2D eigenvalue weighted by Gasteiger charge is -2.24. The standard InChI is InChI=1S/C11H20O4/c1-5-6-11(2,3)15-8-10(7-13-4)14-9-12/h5-6,9-10H,7-8H2,1-4H3/b6-5+. The maximum Gasteiger partial charge on any atom is 0.293 e. The summed E-state index contributed by atoms with van der Waals surface area (Å²) in [4.78, 5) is 10.2. The maximum absolute atomic E-state index is 10.2. The average Bonchev–Trinajstić information content (AvgIpc) is 2.15. The number of ether oxygens (including phenoxy) is 3. The molecule has 1 atom stereocenters. The topological polar surface area (TPSA) is 44.8 Å². The summed E-state index contributed by atoms with van der Waals surface area (Å²) in [6, 6.07) is 0. The van der Waals surface area contributed by atoms with Gasteiger partial charge in [-0.3, -0.25) is 4.79 Å². The number of hydrogen-bond acceptors (Lipinski definition) is 4. The van der Waals surface area contributed by atoms with E-state index in [0.717, 1.165) is 0 Å². The third-order valence-corrected chi connectivity index (χ3v) is 1.81. The van der Waals surface area contributed by atoms with E-state index in [9.17, 15) is 4.79 Å². The molecule has 0 aromatic rings. The predicted molar refractivity (Wildman–Crippen MR) is 57.7 cm³/mol. The molecule has 0 saturated heterocycles. The van der Waals surface area contributed by atoms with Crippen LogP contribution in [0.15, 0.2) is 12.2 Å². The van der Waals surface area contributed by atoms with Crippen LogP contribution < -0.4 is 0 Å². The molecule has 0 aromatic carbocycles. The second-order valence-electron chi connectivity index (χ2n) is 3.72. The molecule has 0 N–H and O–H groups in total. The zero-order valence-electron chi connectivity index (χ0n) is 9.86. The summed E-state index contributed by atoms with van der Waals surface area (Å²) in [6.07, 6.45) is 3.51. The van der Waals surface area contributed by atoms with Crippen LogP contribution in [0.25, 0.3) is 0 Å². The van der Waals surface area contributed by atoms with Crippen LogP contribution in [0.4, 0.5) is 0 Å². The minimum Gasteiger partial charge on any atom is -0.460 e. The Labute approximate surface area is 91.2 Å². The fraction of sp³-hybridized carbons (Fsp3) is 0.727. The van der Waals surface area contributed by atoms with E-state index >= 15 is 0 Å². The van der Waals surface area contributed by atoms with Gasteiger partial charge >= 0.3 is 0 Å². The molecule has 4 nitrogen and oxygen atoms in total. The van der Waals surface area contributed by atoms with Gasteiger partial charge in [0.2, 0.25) is 0 Å². The van der Waals surface area contributed by atoms with Gasteiger partial charge in [0, 0.05) is 7.11 Å². The summed E-state index contributed by atoms with van der Waals surface area (Å²) < 4.78 is 15.3. The van der Waals surface area contributed by atoms with E-state index in [1.807, 2.05) is 32.9 Å². The number of hydrogen-bond donors (Lipinski definition) is 0. The Balaban J connectivity index is 4.01. The van der Waals surface area contributed by atoms with E-state index in [0.29, 0.717) is 19.7 Å². The highest BCUT2D eigenvalue weighted by Gasteiger charge is 2.18. The van der Waals surface area contributed by atoms with Crippen LogP contribution in [0.5, 0.6) is 0 Å². The zero-order chi connectivity index (χ0) is 11.7. The van der Waals surface area contributed by atoms with Crippen molar-refractivity contribution in [1.82, 2.24) is 0 Å². The number of methoxy groups -OCH3 is 1. The van der Waals surface area contributed by atoms with E-state index < -0.39 is 0 Å². The first-order valence-corrected chi connectivity index (χ1v) is 4.91. The van der Waals surface area contributed by atoms with Crippen molar-refractivity contribution in [2.24, 2.45) is 0 Å². The molecule has 0 bridgehead atoms. The molecule has 0 saturated carbocycles. The second kappa shape index (κ2) is 7.43. The highest BCUT2D eigenvalue weighted by Crippen LogP contribution is 2.12. The van der Waals surface area contributed by atoms with Crippen molar-refractivity contribution in [3.05, 3.63) is 12.2 Å². The lowest BCUT2D eigenvalue weighted by Crippen LogP contribution is -2.31. The molecule has 0 aliphatic carbocycles. The molecule has 0 radical (unpaired) electrons. The molecule has 0 rings (SSSR count). The number of carbonyl (C=O) groups is 1. The fourth-order valence-electron chi connectivity index (χ4n) is 1.15. The summed E-state index contributed by atoms with van der Waals surface area (Å²) in [5.41, 5.74) is -0.354. The normalized spacial score (nSPS) is 14.1. The van der Waals surface area contributed by atoms with Gasteiger partial charge in [0.25, 0.3) is 6.47 Å². The van der Waals surface area contributed by atoms with Crippen LogP contribution in [0, 0.1) is 0 Å². The van der Waals surface area contributed by atoms with Crippen molar-refractivity contribution >= 4 is 6.47 Å². The van der Waals surface area contributed by atoms with Gasteiger partial charge < -0.3 is 14.2 Å². The Morgan fingerprint density at radius 2 is 2.00 bits per heavy atom. The van der Waals surface area contributed by atoms with Gasteiger partial charge in [-0.25, -0.2) is 0 Å². The first-order valence-electron chi connectivity index (χ1n) is 4.91. The third kappa shape index (κ3) is 7.11. The molecule has 0 aliphatic rings. The molecule has 0 amide bonds. The van der Waals surface area contributed by atoms with Crippen molar-refractivity contribution < 1.29 is 19.0 Å². The number of rotatable bonds is 8. The summed E-state index contributed by atoms with van der Waals surface area (Å²) in [5, 5.41) is 0. The first kappa shape index (κ1) is 14.1. The molecule has 1 unspecified atom stereocenters. The second-order valence-corrected chi connectivity index (χ2v) is 3.72. The van der Waals surface area contributed by atoms with Gasteiger partial charge in [0.05, 0.1) is 18.8 Å². The predicted octanol–water partition coefficient (Wildman–Crippen LogP) is 1.55. The average molecular weight is 216 g/mol. The Morgan fingerprint density at radius 3 is 2.47 bits per heavy atom. The Hall–Kier alpha value is -0.870. The van der Waals surface area contributed by atoms with E-state index in [4.69, 9.17) is 14.2 Å². The van der Waals surface area contributed by atoms with Gasteiger partial charge in [0.15, 0.2) is 0 Å². The molecular formula is C11H20O4. The smallest absolute Gasteiger partial charge is 0.293 e. The van der Waals surface area contributed by atoms with Crippen molar-refractivity contribution in [2.45, 2.75) is 32.5 Å². The third-order valence-electron chi connectivity index (χ3n) is 1.81. The summed E-state index contributed by atoms with van der Waals surface area (Å²) in [5.74, 6) is 0. The zero-order valence-corrected chi connectivity index (χ0v) is 9.86. The summed E-state index contributed by atoms with van der Waals surface area (Å²) >= 11 is 0. The molecule has 4 heteroatoms. The molecule has 0 aliphatic heterocycles. The largest absolute Gasteiger partial charge is 0.460 e. The van der Waals surface area contributed by atoms with Crippen LogP contribution in [0.1, 0.15) is 20.8 Å². The molecule has 0 spiro atoms. The van der Waals surface area contributed by atoms with Crippen LogP contribution in [-0.4, -0.2) is 38.5 Å². The Kier molecular flexibility index (Phi) is 6.99. The Morgan fingerprint density at radius 1 is 1.33 bits per heavy atom. The fourth-order valence-corrected chi connectivity index (χ4v) is 1.15. The van der Waals surface area contributed by atoms with Crippen molar-refractivity contribution in [1.29, 1.82) is 0 Å². The van der Waals surface area contributed by atoms with Crippen molar-refractivity contribution in [2.75, 3.05) is 20.3 Å². The van der Waals surface area contributed by atoms with Gasteiger partial charge in [-0.2, -0.15) is 0 Å². The van der Waals surface area contributed by atoms with Crippen LogP contribution in [-0.2, 0) is 19.0 Å². The number of carbonyl (C=O) groups excluding carboxylic acids is 1. The highest BCUT2D eigenvalue weighted by atomic mass is 16.6. The molecular weight excluding hydrogens is 196 g/mol. The van der Waals surface area contributed by atoms with Gasteiger partial charge in [-0.05, 0) is 20.8 Å². The summed E-state index contributed by atoms with van der Waals surface area (Å²) in [6.45, 7) is 6.89. The SMILES string of the molecule is C/C=C/C(C)(C)OCC(COC)OC=O. The maximum atomic E-state index is 10.2. The minimum atomic E-state index is -0.354. The van der Waals surface area contributed by atoms with Crippen LogP contribution >= 0.6 is 0 Å². The van der Waals surface area contributed by atoms with E-state index in [2.05, 4.69) is 0 Å². The van der Waals surface area contributed by atoms with Gasteiger partial charge in [0.1, 0.15) is 6.10 Å². The molecule has 0 heterocycles. The monoisotopic (exact) mass is 216 g/mol. The minimum absolute atomic E-state index is 0.323. The lowest BCUT2D eigenvalue weighted by molar-refractivity contribution is -0.143. The first-order chi connectivity index (χ1) is 7.05. The van der Waals surface area contributed by atoms with E-state index in [1.54, 1.807) is 7.11 Å². The van der Waals surface area contributed by atoms with Gasteiger partial charge in [-0.15, -0.1) is 0 Å². The molecule has 15 heavy (non-hydrogen) atoms. The molecule has 0 aromatic heterocycles.